The number of allylic oxidation sites excluding steroid dienone is 6. The predicted octanol–water partition coefficient (Wildman–Crippen LogP) is 4.72. The summed E-state index contributed by atoms with van der Waals surface area (Å²) in [4.78, 5) is 0. The molecule has 6 atom stereocenters. The minimum Gasteiger partial charge on any atom is -0.400 e. The van der Waals surface area contributed by atoms with Gasteiger partial charge in [-0.3, -0.25) is 0 Å². The smallest absolute Gasteiger partial charge is 0.119 e. The maximum atomic E-state index is 14.2. The van der Waals surface area contributed by atoms with Crippen molar-refractivity contribution in [3.63, 3.8) is 0 Å². The first-order chi connectivity index (χ1) is 9.97. The fraction of sp³-hybridized carbons (Fsp3) is 0.684. The van der Waals surface area contributed by atoms with Crippen LogP contribution in [0.4, 0.5) is 4.39 Å². The zero-order valence-corrected chi connectivity index (χ0v) is 13.1. The first kappa shape index (κ1) is 13.6. The topological polar surface area (TPSA) is 26.0 Å². The van der Waals surface area contributed by atoms with Gasteiger partial charge < -0.3 is 5.73 Å². The van der Waals surface area contributed by atoms with Gasteiger partial charge in [0.2, 0.25) is 0 Å². The van der Waals surface area contributed by atoms with E-state index in [1.54, 1.807) is 0 Å². The van der Waals surface area contributed by atoms with Crippen LogP contribution in [0.25, 0.3) is 0 Å². The third-order valence-corrected chi connectivity index (χ3v) is 7.45. The summed E-state index contributed by atoms with van der Waals surface area (Å²) in [6.07, 6.45) is 14.6. The van der Waals surface area contributed by atoms with Gasteiger partial charge in [0, 0.05) is 17.5 Å². The molecule has 2 fully saturated rings. The monoisotopic (exact) mass is 287 g/mol. The second-order valence-corrected chi connectivity index (χ2v) is 8.15. The highest BCUT2D eigenvalue weighted by molar-refractivity contribution is 5.29. The van der Waals surface area contributed by atoms with Crippen LogP contribution in [-0.2, 0) is 0 Å². The summed E-state index contributed by atoms with van der Waals surface area (Å²) in [5.41, 5.74) is 6.89. The van der Waals surface area contributed by atoms with Gasteiger partial charge in [-0.1, -0.05) is 38.2 Å². The van der Waals surface area contributed by atoms with Crippen LogP contribution in [0.5, 0.6) is 0 Å². The average molecular weight is 287 g/mol. The molecule has 0 aliphatic heterocycles. The Kier molecular flexibility index (Phi) is 2.75. The van der Waals surface area contributed by atoms with Gasteiger partial charge >= 0.3 is 0 Å². The Morgan fingerprint density at radius 1 is 1.14 bits per heavy atom. The van der Waals surface area contributed by atoms with Crippen LogP contribution in [-0.4, -0.2) is 0 Å². The average Bonchev–Trinajstić information content (AvgIpc) is 2.70. The van der Waals surface area contributed by atoms with Crippen LogP contribution in [0, 0.1) is 34.5 Å². The van der Waals surface area contributed by atoms with E-state index in [1.165, 1.54) is 19.3 Å². The first-order valence-corrected chi connectivity index (χ1v) is 8.47. The van der Waals surface area contributed by atoms with E-state index in [-0.39, 0.29) is 16.7 Å². The molecular formula is C19H26FN. The number of halogens is 1. The quantitative estimate of drug-likeness (QED) is 0.685. The van der Waals surface area contributed by atoms with E-state index in [2.05, 4.69) is 38.2 Å². The number of hydrogen-bond donors (Lipinski definition) is 1. The highest BCUT2D eigenvalue weighted by Gasteiger charge is 2.58. The summed E-state index contributed by atoms with van der Waals surface area (Å²) in [6.45, 7) is 4.64. The third-order valence-electron chi connectivity index (χ3n) is 7.45. The maximum absolute atomic E-state index is 14.2. The zero-order valence-electron chi connectivity index (χ0n) is 13.1. The fourth-order valence-electron chi connectivity index (χ4n) is 6.08. The molecule has 2 N–H and O–H groups in total. The summed E-state index contributed by atoms with van der Waals surface area (Å²) >= 11 is 0. The second kappa shape index (κ2) is 4.24. The van der Waals surface area contributed by atoms with E-state index in [9.17, 15) is 4.39 Å². The Hall–Kier alpha value is -1.05. The summed E-state index contributed by atoms with van der Waals surface area (Å²) in [6, 6.07) is 0. The van der Waals surface area contributed by atoms with Gasteiger partial charge in [0.15, 0.2) is 0 Å². The molecular weight excluding hydrogens is 261 g/mol. The molecule has 2 saturated carbocycles. The van der Waals surface area contributed by atoms with Crippen molar-refractivity contribution in [3.05, 3.63) is 35.8 Å². The molecule has 4 rings (SSSR count). The lowest BCUT2D eigenvalue weighted by atomic mass is 9.47. The molecule has 0 aromatic rings. The molecule has 0 heterocycles. The van der Waals surface area contributed by atoms with Crippen molar-refractivity contribution in [1.82, 2.24) is 0 Å². The molecule has 0 bridgehead atoms. The molecule has 2 heteroatoms. The van der Waals surface area contributed by atoms with Gasteiger partial charge in [0.25, 0.3) is 0 Å². The lowest BCUT2D eigenvalue weighted by molar-refractivity contribution is -0.0482. The van der Waals surface area contributed by atoms with Crippen LogP contribution >= 0.6 is 0 Å². The SMILES string of the molecule is C[C@]12C=CC=CC1CC[C@@H]1[C@H]2CC[C@]2(C)C(N)=C(F)C[C@@H]12. The summed E-state index contributed by atoms with van der Waals surface area (Å²) in [7, 11) is 0. The molecule has 1 unspecified atom stereocenters. The normalized spacial score (nSPS) is 51.6. The van der Waals surface area contributed by atoms with E-state index in [4.69, 9.17) is 5.73 Å². The molecule has 0 aromatic heterocycles. The Balaban J connectivity index is 1.70. The highest BCUT2D eigenvalue weighted by atomic mass is 19.1. The van der Waals surface area contributed by atoms with Gasteiger partial charge in [0.1, 0.15) is 5.83 Å². The minimum absolute atomic E-state index is 0.0190. The van der Waals surface area contributed by atoms with Crippen molar-refractivity contribution >= 4 is 0 Å². The summed E-state index contributed by atoms with van der Waals surface area (Å²) < 4.78 is 14.2. The Morgan fingerprint density at radius 2 is 1.95 bits per heavy atom. The van der Waals surface area contributed by atoms with E-state index >= 15 is 0 Å². The van der Waals surface area contributed by atoms with E-state index in [0.29, 0.717) is 35.8 Å². The van der Waals surface area contributed by atoms with Crippen molar-refractivity contribution in [2.24, 2.45) is 40.2 Å². The number of rotatable bonds is 0. The largest absolute Gasteiger partial charge is 0.400 e. The van der Waals surface area contributed by atoms with E-state index < -0.39 is 0 Å². The summed E-state index contributed by atoms with van der Waals surface area (Å²) in [5.74, 6) is 2.40. The molecule has 0 aromatic carbocycles. The van der Waals surface area contributed by atoms with Gasteiger partial charge in [-0.15, -0.1) is 0 Å². The Morgan fingerprint density at radius 3 is 2.76 bits per heavy atom. The van der Waals surface area contributed by atoms with Gasteiger partial charge in [-0.05, 0) is 54.8 Å². The van der Waals surface area contributed by atoms with Crippen LogP contribution in [0.15, 0.2) is 35.8 Å². The van der Waals surface area contributed by atoms with Gasteiger partial charge in [-0.2, -0.15) is 0 Å². The molecule has 4 aliphatic carbocycles. The van der Waals surface area contributed by atoms with Crippen molar-refractivity contribution < 1.29 is 4.39 Å². The van der Waals surface area contributed by atoms with Gasteiger partial charge in [-0.25, -0.2) is 4.39 Å². The Labute approximate surface area is 127 Å². The van der Waals surface area contributed by atoms with Crippen LogP contribution < -0.4 is 5.73 Å². The van der Waals surface area contributed by atoms with Crippen LogP contribution in [0.2, 0.25) is 0 Å². The summed E-state index contributed by atoms with van der Waals surface area (Å²) in [5, 5.41) is 0. The second-order valence-electron chi connectivity index (χ2n) is 8.15. The highest BCUT2D eigenvalue weighted by Crippen LogP contribution is 2.65. The molecule has 0 saturated heterocycles. The maximum Gasteiger partial charge on any atom is 0.119 e. The molecule has 0 amide bonds. The number of fused-ring (bicyclic) bond motifs is 5. The number of hydrogen-bond acceptors (Lipinski definition) is 1. The molecule has 0 spiro atoms. The number of nitrogens with two attached hydrogens (primary N) is 1. The van der Waals surface area contributed by atoms with Crippen molar-refractivity contribution in [3.8, 4) is 0 Å². The zero-order chi connectivity index (χ0) is 14.8. The molecule has 0 radical (unpaired) electrons. The molecule has 4 aliphatic rings. The first-order valence-electron chi connectivity index (χ1n) is 8.47. The van der Waals surface area contributed by atoms with E-state index in [0.717, 1.165) is 6.42 Å². The van der Waals surface area contributed by atoms with Crippen LogP contribution in [0.1, 0.15) is 46.0 Å². The lowest BCUT2D eigenvalue weighted by Crippen LogP contribution is -2.51. The molecule has 114 valence electrons. The lowest BCUT2D eigenvalue weighted by Gasteiger charge is -2.57. The van der Waals surface area contributed by atoms with E-state index in [1.807, 2.05) is 0 Å². The standard InChI is InChI=1S/C19H26FN/c1-18-9-4-3-5-12(18)6-7-13-14(18)8-10-19(2)15(13)11-16(20)17(19)21/h3-5,9,12-15H,6-8,10-11,21H2,1-2H3/t12?,13-,14-,15+,18+,19+/m1/s1. The fourth-order valence-corrected chi connectivity index (χ4v) is 6.08. The van der Waals surface area contributed by atoms with Gasteiger partial charge in [0.05, 0.1) is 0 Å². The van der Waals surface area contributed by atoms with Crippen LogP contribution in [0.3, 0.4) is 0 Å². The molecule has 21 heavy (non-hydrogen) atoms. The molecule has 1 nitrogen and oxygen atoms in total. The van der Waals surface area contributed by atoms with Crippen molar-refractivity contribution in [1.29, 1.82) is 0 Å². The van der Waals surface area contributed by atoms with Crippen molar-refractivity contribution in [2.75, 3.05) is 0 Å². The minimum atomic E-state index is -0.0807. The predicted molar refractivity (Wildman–Crippen MR) is 83.9 cm³/mol. The third kappa shape index (κ3) is 1.62. The van der Waals surface area contributed by atoms with Crippen molar-refractivity contribution in [2.45, 2.75) is 46.0 Å². The Bertz CT molecular complexity index is 560.